The van der Waals surface area contributed by atoms with Gasteiger partial charge in [0.25, 0.3) is 0 Å². The molecule has 3 N–H and O–H groups in total. The lowest BCUT2D eigenvalue weighted by Crippen LogP contribution is -1.86. The second-order valence-corrected chi connectivity index (χ2v) is 3.63. The Morgan fingerprint density at radius 3 is 2.93 bits per heavy atom. The van der Waals surface area contributed by atoms with E-state index in [2.05, 4.69) is 33.2 Å². The molecule has 1 aromatic heterocycles. The van der Waals surface area contributed by atoms with Gasteiger partial charge in [0.05, 0.1) is 5.69 Å². The molecule has 1 aromatic carbocycles. The minimum atomic E-state index is 1.12. The Morgan fingerprint density at radius 1 is 1.36 bits per heavy atom. The van der Waals surface area contributed by atoms with Crippen LogP contribution >= 0.6 is 11.9 Å². The molecule has 0 spiro atoms. The third-order valence-corrected chi connectivity index (χ3v) is 2.61. The first-order valence-electron chi connectivity index (χ1n) is 4.43. The first kappa shape index (κ1) is 9.27. The fraction of sp³-hybridized carbons (Fsp3) is 0.200. The molecule has 3 nitrogen and oxygen atoms in total. The van der Waals surface area contributed by atoms with E-state index in [4.69, 9.17) is 0 Å². The highest BCUT2D eigenvalue weighted by Gasteiger charge is 2.02. The van der Waals surface area contributed by atoms with Crippen LogP contribution in [0.25, 0.3) is 10.9 Å². The number of fused-ring (bicyclic) bond motifs is 1. The Bertz CT molecular complexity index is 436. The maximum absolute atomic E-state index is 3.23. The summed E-state index contributed by atoms with van der Waals surface area (Å²) in [6, 6.07) is 6.28. The van der Waals surface area contributed by atoms with Crippen molar-refractivity contribution in [3.05, 3.63) is 24.4 Å². The Balaban J connectivity index is 2.48. The molecule has 1 heterocycles. The number of aromatic amines is 1. The number of benzene rings is 1. The molecule has 0 aliphatic heterocycles. The van der Waals surface area contributed by atoms with Gasteiger partial charge >= 0.3 is 0 Å². The van der Waals surface area contributed by atoms with Crippen molar-refractivity contribution < 1.29 is 0 Å². The number of nitrogens with one attached hydrogen (secondary N) is 3. The minimum Gasteiger partial charge on any atom is -0.388 e. The van der Waals surface area contributed by atoms with E-state index >= 15 is 0 Å². The van der Waals surface area contributed by atoms with Crippen LogP contribution in [-0.2, 0) is 0 Å². The number of H-pyrrole nitrogens is 1. The molecule has 0 saturated carbocycles. The Hall–Kier alpha value is -1.29. The molecule has 2 rings (SSSR count). The van der Waals surface area contributed by atoms with Crippen molar-refractivity contribution in [1.29, 1.82) is 0 Å². The van der Waals surface area contributed by atoms with Gasteiger partial charge in [0.15, 0.2) is 0 Å². The van der Waals surface area contributed by atoms with Gasteiger partial charge in [0.2, 0.25) is 0 Å². The molecule has 0 bridgehead atoms. The van der Waals surface area contributed by atoms with E-state index in [0.29, 0.717) is 0 Å². The second-order valence-electron chi connectivity index (χ2n) is 3.02. The summed E-state index contributed by atoms with van der Waals surface area (Å²) < 4.78 is 3.23. The van der Waals surface area contributed by atoms with Gasteiger partial charge in [-0.05, 0) is 18.2 Å². The summed E-state index contributed by atoms with van der Waals surface area (Å²) in [7, 11) is 1.92. The van der Waals surface area contributed by atoms with Gasteiger partial charge in [-0.3, -0.25) is 0 Å². The fourth-order valence-electron chi connectivity index (χ4n) is 1.48. The highest BCUT2D eigenvalue weighted by atomic mass is 32.2. The number of hydrogen-bond acceptors (Lipinski definition) is 3. The summed E-state index contributed by atoms with van der Waals surface area (Å²) >= 11 is 1.60. The lowest BCUT2D eigenvalue weighted by atomic mass is 10.2. The van der Waals surface area contributed by atoms with Crippen LogP contribution in [0.2, 0.25) is 0 Å². The summed E-state index contributed by atoms with van der Waals surface area (Å²) in [5, 5.41) is 4.34. The molecule has 74 valence electrons. The van der Waals surface area contributed by atoms with Crippen molar-refractivity contribution >= 4 is 34.2 Å². The van der Waals surface area contributed by atoms with Gasteiger partial charge < -0.3 is 15.0 Å². The van der Waals surface area contributed by atoms with Gasteiger partial charge in [-0.15, -0.1) is 0 Å². The Labute approximate surface area is 87.4 Å². The van der Waals surface area contributed by atoms with Crippen LogP contribution in [0.4, 0.5) is 11.4 Å². The zero-order valence-electron chi connectivity index (χ0n) is 8.22. The van der Waals surface area contributed by atoms with Crippen molar-refractivity contribution in [3.63, 3.8) is 0 Å². The average Bonchev–Trinajstić information content (AvgIpc) is 2.61. The molecule has 0 saturated heterocycles. The Kier molecular flexibility index (Phi) is 2.54. The highest BCUT2D eigenvalue weighted by molar-refractivity contribution is 7.99. The molecular weight excluding hydrogens is 194 g/mol. The number of aromatic nitrogens is 1. The molecule has 0 amide bonds. The number of hydrogen-bond donors (Lipinski definition) is 3. The quantitative estimate of drug-likeness (QED) is 0.678. The maximum Gasteiger partial charge on any atom is 0.0696 e. The zero-order chi connectivity index (χ0) is 9.97. The van der Waals surface area contributed by atoms with E-state index < -0.39 is 0 Å². The highest BCUT2D eigenvalue weighted by Crippen LogP contribution is 2.26. The predicted octanol–water partition coefficient (Wildman–Crippen LogP) is 2.90. The van der Waals surface area contributed by atoms with Crippen molar-refractivity contribution in [1.82, 2.24) is 4.98 Å². The van der Waals surface area contributed by atoms with Crippen molar-refractivity contribution in [2.24, 2.45) is 0 Å². The molecule has 0 atom stereocenters. The van der Waals surface area contributed by atoms with Crippen LogP contribution in [0.15, 0.2) is 24.4 Å². The van der Waals surface area contributed by atoms with Crippen LogP contribution in [0.5, 0.6) is 0 Å². The topological polar surface area (TPSA) is 39.8 Å². The standard InChI is InChI=1S/C10H13N3S/c1-11-7-3-4-8-9(5-7)12-6-10(8)13-14-2/h3-6,11-13H,1-2H3. The SMILES string of the molecule is CNc1ccc2c(NSC)c[nH]c2c1. The summed E-state index contributed by atoms with van der Waals surface area (Å²) in [5.41, 5.74) is 3.40. The molecule has 0 aliphatic rings. The molecule has 4 heteroatoms. The third-order valence-electron chi connectivity index (χ3n) is 2.18. The normalized spacial score (nSPS) is 10.4. The average molecular weight is 207 g/mol. The van der Waals surface area contributed by atoms with Gasteiger partial charge in [0.1, 0.15) is 0 Å². The molecule has 2 aromatic rings. The van der Waals surface area contributed by atoms with Gasteiger partial charge in [-0.25, -0.2) is 0 Å². The first-order chi connectivity index (χ1) is 6.85. The molecule has 0 unspecified atom stereocenters. The summed E-state index contributed by atoms with van der Waals surface area (Å²) in [4.78, 5) is 3.23. The molecule has 0 aliphatic carbocycles. The van der Waals surface area contributed by atoms with Crippen molar-refractivity contribution in [2.45, 2.75) is 0 Å². The molecule has 0 fully saturated rings. The molecular formula is C10H13N3S. The van der Waals surface area contributed by atoms with Crippen LogP contribution in [0.1, 0.15) is 0 Å². The maximum atomic E-state index is 3.23. The van der Waals surface area contributed by atoms with E-state index in [1.165, 1.54) is 5.39 Å². The van der Waals surface area contributed by atoms with Gasteiger partial charge in [-0.1, -0.05) is 11.9 Å². The van der Waals surface area contributed by atoms with E-state index in [-0.39, 0.29) is 0 Å². The largest absolute Gasteiger partial charge is 0.388 e. The van der Waals surface area contributed by atoms with E-state index in [0.717, 1.165) is 16.9 Å². The molecule has 0 radical (unpaired) electrons. The smallest absolute Gasteiger partial charge is 0.0696 e. The second kappa shape index (κ2) is 3.84. The first-order valence-corrected chi connectivity index (χ1v) is 5.65. The van der Waals surface area contributed by atoms with Crippen LogP contribution in [-0.4, -0.2) is 18.3 Å². The Morgan fingerprint density at radius 2 is 2.21 bits per heavy atom. The number of anilines is 2. The van der Waals surface area contributed by atoms with Crippen molar-refractivity contribution in [2.75, 3.05) is 23.3 Å². The monoisotopic (exact) mass is 207 g/mol. The van der Waals surface area contributed by atoms with Crippen LogP contribution in [0.3, 0.4) is 0 Å². The third kappa shape index (κ3) is 1.53. The lowest BCUT2D eigenvalue weighted by molar-refractivity contribution is 1.46. The number of rotatable bonds is 3. The fourth-order valence-corrected chi connectivity index (χ4v) is 1.86. The van der Waals surface area contributed by atoms with E-state index in [9.17, 15) is 0 Å². The summed E-state index contributed by atoms with van der Waals surface area (Å²) in [5.74, 6) is 0. The summed E-state index contributed by atoms with van der Waals surface area (Å²) in [6.45, 7) is 0. The lowest BCUT2D eigenvalue weighted by Gasteiger charge is -2.01. The van der Waals surface area contributed by atoms with E-state index in [1.807, 2.05) is 19.5 Å². The zero-order valence-corrected chi connectivity index (χ0v) is 9.03. The molecule has 14 heavy (non-hydrogen) atoms. The van der Waals surface area contributed by atoms with Crippen molar-refractivity contribution in [3.8, 4) is 0 Å². The van der Waals surface area contributed by atoms with E-state index in [1.54, 1.807) is 11.9 Å². The van der Waals surface area contributed by atoms with Gasteiger partial charge in [-0.2, -0.15) is 0 Å². The van der Waals surface area contributed by atoms with Crippen LogP contribution < -0.4 is 10.0 Å². The van der Waals surface area contributed by atoms with Gasteiger partial charge in [0, 0.05) is 36.1 Å². The predicted molar refractivity (Wildman–Crippen MR) is 65.0 cm³/mol. The summed E-state index contributed by atoms with van der Waals surface area (Å²) in [6.07, 6.45) is 4.00. The minimum absolute atomic E-state index is 1.12. The van der Waals surface area contributed by atoms with Crippen LogP contribution in [0, 0.1) is 0 Å².